The summed E-state index contributed by atoms with van der Waals surface area (Å²) in [5, 5.41) is 2.62. The van der Waals surface area contributed by atoms with Crippen LogP contribution in [0.15, 0.2) is 72.9 Å². The molecule has 0 bridgehead atoms. The molecule has 0 aliphatic rings. The molecular formula is C24H27Cl2HfN. The van der Waals surface area contributed by atoms with Gasteiger partial charge in [0.15, 0.2) is 0 Å². The maximum Gasteiger partial charge on any atom is 4.00 e. The summed E-state index contributed by atoms with van der Waals surface area (Å²) in [6.45, 7) is 6.50. The van der Waals surface area contributed by atoms with Gasteiger partial charge in [-0.3, -0.25) is 0 Å². The van der Waals surface area contributed by atoms with E-state index in [1.54, 1.807) is 0 Å². The predicted octanol–water partition coefficient (Wildman–Crippen LogP) is 0.720. The van der Waals surface area contributed by atoms with Gasteiger partial charge in [0.1, 0.15) is 0 Å². The average Bonchev–Trinajstić information content (AvgIpc) is 3.32. The number of benzene rings is 1. The summed E-state index contributed by atoms with van der Waals surface area (Å²) in [5.41, 5.74) is 5.33. The molecule has 0 spiro atoms. The fourth-order valence-electron chi connectivity index (χ4n) is 3.25. The third-order valence-electron chi connectivity index (χ3n) is 4.58. The quantitative estimate of drug-likeness (QED) is 0.249. The van der Waals surface area contributed by atoms with Gasteiger partial charge in [-0.05, 0) is 31.2 Å². The van der Waals surface area contributed by atoms with Crippen molar-refractivity contribution < 1.29 is 50.7 Å². The molecule has 0 atom stereocenters. The smallest absolute Gasteiger partial charge is 1.00 e. The molecule has 1 aromatic heterocycles. The summed E-state index contributed by atoms with van der Waals surface area (Å²) in [7, 11) is 0. The molecule has 28 heavy (non-hydrogen) atoms. The molecule has 3 aromatic carbocycles. The third kappa shape index (κ3) is 7.06. The van der Waals surface area contributed by atoms with Crippen LogP contribution in [-0.2, 0) is 32.3 Å². The van der Waals surface area contributed by atoms with Crippen LogP contribution < -0.4 is 24.8 Å². The molecule has 0 saturated heterocycles. The first kappa shape index (κ1) is 26.9. The molecule has 4 rings (SSSR count). The summed E-state index contributed by atoms with van der Waals surface area (Å²) in [5.74, 6) is 0. The van der Waals surface area contributed by atoms with Crippen LogP contribution >= 0.6 is 0 Å². The Morgan fingerprint density at radius 3 is 2.21 bits per heavy atom. The molecule has 1 heterocycles. The zero-order valence-electron chi connectivity index (χ0n) is 16.8. The van der Waals surface area contributed by atoms with E-state index in [1.165, 1.54) is 52.5 Å². The van der Waals surface area contributed by atoms with Crippen molar-refractivity contribution >= 4 is 10.8 Å². The molecule has 0 fully saturated rings. The fraction of sp³-hybridized carbons (Fsp3) is 0.250. The molecule has 4 aromatic rings. The van der Waals surface area contributed by atoms with Crippen LogP contribution in [0.3, 0.4) is 0 Å². The first-order valence-electron chi connectivity index (χ1n) is 9.19. The van der Waals surface area contributed by atoms with Crippen molar-refractivity contribution in [2.45, 2.75) is 40.0 Å². The van der Waals surface area contributed by atoms with E-state index in [0.29, 0.717) is 0 Å². The van der Waals surface area contributed by atoms with E-state index in [0.717, 1.165) is 0 Å². The predicted molar refractivity (Wildman–Crippen MR) is 109 cm³/mol. The third-order valence-corrected chi connectivity index (χ3v) is 4.58. The molecule has 0 aliphatic heterocycles. The molecule has 0 amide bonds. The Bertz CT molecular complexity index is 886. The summed E-state index contributed by atoms with van der Waals surface area (Å²) < 4.78 is 2.25. The summed E-state index contributed by atoms with van der Waals surface area (Å²) in [6, 6.07) is 23.7. The van der Waals surface area contributed by atoms with Crippen molar-refractivity contribution in [2.24, 2.45) is 0 Å². The van der Waals surface area contributed by atoms with Crippen LogP contribution in [0.5, 0.6) is 0 Å². The molecule has 0 radical (unpaired) electrons. The molecular weight excluding hydrogens is 552 g/mol. The zero-order chi connectivity index (χ0) is 17.6. The van der Waals surface area contributed by atoms with Crippen LogP contribution in [0.2, 0.25) is 0 Å². The van der Waals surface area contributed by atoms with Gasteiger partial charge in [0, 0.05) is 11.9 Å². The number of aryl methyl sites for hydroxylation is 3. The largest absolute Gasteiger partial charge is 4.00 e. The van der Waals surface area contributed by atoms with Crippen LogP contribution in [0.25, 0.3) is 16.5 Å². The number of rotatable bonds is 4. The maximum atomic E-state index is 2.25. The van der Waals surface area contributed by atoms with E-state index in [1.807, 2.05) is 0 Å². The van der Waals surface area contributed by atoms with Crippen molar-refractivity contribution in [1.82, 2.24) is 4.57 Å². The number of halogens is 2. The number of hydrogen-bond donors (Lipinski definition) is 0. The number of nitrogens with zero attached hydrogens (tertiary/aromatic N) is 1. The summed E-state index contributed by atoms with van der Waals surface area (Å²) in [4.78, 5) is 0. The number of fused-ring (bicyclic) bond motifs is 1. The monoisotopic (exact) mass is 579 g/mol. The molecule has 0 unspecified atom stereocenters. The van der Waals surface area contributed by atoms with Gasteiger partial charge in [-0.2, -0.15) is 17.7 Å². The maximum absolute atomic E-state index is 2.25. The van der Waals surface area contributed by atoms with Crippen LogP contribution in [-0.4, -0.2) is 4.57 Å². The number of aromatic nitrogens is 1. The van der Waals surface area contributed by atoms with E-state index < -0.39 is 0 Å². The van der Waals surface area contributed by atoms with Crippen molar-refractivity contribution in [1.29, 1.82) is 0 Å². The van der Waals surface area contributed by atoms with E-state index >= 15 is 0 Å². The Hall–Kier alpha value is -1.09. The minimum absolute atomic E-state index is 0. The Morgan fingerprint density at radius 2 is 1.64 bits per heavy atom. The molecule has 0 N–H and O–H groups in total. The number of unbranched alkanes of at least 4 members (excludes halogenated alkanes) is 1. The number of hydrogen-bond acceptors (Lipinski definition) is 0. The molecule has 146 valence electrons. The van der Waals surface area contributed by atoms with Gasteiger partial charge in [0.2, 0.25) is 0 Å². The topological polar surface area (TPSA) is 4.93 Å². The van der Waals surface area contributed by atoms with E-state index in [9.17, 15) is 0 Å². The van der Waals surface area contributed by atoms with E-state index in [4.69, 9.17) is 0 Å². The SMILES string of the molecule is CCCC[c-]1cccc1.Cc1cc(C)n(-c2cc3ccccc3[cH-]2)c1.[Cl-].[Cl-].[Hf+4]. The van der Waals surface area contributed by atoms with Gasteiger partial charge in [-0.25, -0.2) is 12.1 Å². The first-order chi connectivity index (χ1) is 12.2. The van der Waals surface area contributed by atoms with Crippen LogP contribution in [0.1, 0.15) is 36.6 Å². The second-order valence-corrected chi connectivity index (χ2v) is 6.77. The molecule has 0 saturated carbocycles. The standard InChI is InChI=1S/C15H14N.C9H13.2ClH.Hf/c1-11-7-12(2)16(10-11)15-8-13-5-3-4-6-14(13)9-15;1-2-3-6-9-7-4-5-8-9;;;/h3-10H,1-2H3;4-5,7-8H,2-3,6H2,1H3;2*1H;/q2*-1;;;+4/p-2. The van der Waals surface area contributed by atoms with Gasteiger partial charge in [-0.15, -0.1) is 41.1 Å². The van der Waals surface area contributed by atoms with Gasteiger partial charge in [0.25, 0.3) is 0 Å². The average molecular weight is 579 g/mol. The Morgan fingerprint density at radius 1 is 0.964 bits per heavy atom. The van der Waals surface area contributed by atoms with Crippen LogP contribution in [0.4, 0.5) is 0 Å². The molecule has 0 aliphatic carbocycles. The van der Waals surface area contributed by atoms with Gasteiger partial charge in [0.05, 0.1) is 0 Å². The van der Waals surface area contributed by atoms with Gasteiger partial charge in [-0.1, -0.05) is 32.3 Å². The van der Waals surface area contributed by atoms with E-state index in [-0.39, 0.29) is 50.7 Å². The van der Waals surface area contributed by atoms with E-state index in [2.05, 4.69) is 98.3 Å². The van der Waals surface area contributed by atoms with Gasteiger partial charge >= 0.3 is 25.8 Å². The first-order valence-corrected chi connectivity index (χ1v) is 9.19. The second-order valence-electron chi connectivity index (χ2n) is 6.77. The molecule has 4 heteroatoms. The minimum atomic E-state index is 0. The fourth-order valence-corrected chi connectivity index (χ4v) is 3.25. The summed E-state index contributed by atoms with van der Waals surface area (Å²) in [6.07, 6.45) is 6.06. The normalized spacial score (nSPS) is 9.54. The van der Waals surface area contributed by atoms with Crippen LogP contribution in [0, 0.1) is 13.8 Å². The minimum Gasteiger partial charge on any atom is -1.00 e. The summed E-state index contributed by atoms with van der Waals surface area (Å²) >= 11 is 0. The Balaban J connectivity index is 0.000000533. The Labute approximate surface area is 200 Å². The van der Waals surface area contributed by atoms with Crippen molar-refractivity contribution in [3.8, 4) is 5.69 Å². The zero-order valence-corrected chi connectivity index (χ0v) is 21.9. The van der Waals surface area contributed by atoms with Gasteiger partial charge < -0.3 is 29.4 Å². The second kappa shape index (κ2) is 13.2. The molecule has 1 nitrogen and oxygen atoms in total. The van der Waals surface area contributed by atoms with Crippen molar-refractivity contribution in [2.75, 3.05) is 0 Å². The van der Waals surface area contributed by atoms with Crippen molar-refractivity contribution in [3.05, 3.63) is 89.7 Å². The Kier molecular flexibility index (Phi) is 12.7. The van der Waals surface area contributed by atoms with Crippen molar-refractivity contribution in [3.63, 3.8) is 0 Å².